The summed E-state index contributed by atoms with van der Waals surface area (Å²) in [5.74, 6) is 7.12. The third-order valence-corrected chi connectivity index (χ3v) is 4.77. The molecular weight excluding hydrogens is 222 g/mol. The molecule has 1 aromatic rings. The number of nitrogens with one attached hydrogen (secondary N) is 1. The molecular formula is C15H23N3. The van der Waals surface area contributed by atoms with Gasteiger partial charge in [0.1, 0.15) is 0 Å². The van der Waals surface area contributed by atoms with E-state index in [1.807, 2.05) is 6.20 Å². The first kappa shape index (κ1) is 12.1. The summed E-state index contributed by atoms with van der Waals surface area (Å²) in [6.07, 6.45) is 11.0. The number of nitrogens with two attached hydrogens (primary N) is 1. The Labute approximate surface area is 109 Å². The summed E-state index contributed by atoms with van der Waals surface area (Å²) < 4.78 is 0. The van der Waals surface area contributed by atoms with Crippen LogP contribution in [0.5, 0.6) is 0 Å². The summed E-state index contributed by atoms with van der Waals surface area (Å²) in [7, 11) is 0. The summed E-state index contributed by atoms with van der Waals surface area (Å²) in [6.45, 7) is 0. The molecule has 3 N–H and O–H groups in total. The number of rotatable bonds is 3. The second-order valence-corrected chi connectivity index (χ2v) is 5.78. The summed E-state index contributed by atoms with van der Waals surface area (Å²) >= 11 is 0. The fraction of sp³-hybridized carbons (Fsp3) is 0.667. The van der Waals surface area contributed by atoms with Gasteiger partial charge in [0, 0.05) is 23.9 Å². The Morgan fingerprint density at radius 3 is 2.83 bits per heavy atom. The van der Waals surface area contributed by atoms with Crippen molar-refractivity contribution in [1.82, 2.24) is 10.4 Å². The van der Waals surface area contributed by atoms with E-state index in [0.29, 0.717) is 12.0 Å². The normalized spacial score (nSPS) is 25.9. The van der Waals surface area contributed by atoms with E-state index in [0.717, 1.165) is 5.92 Å². The van der Waals surface area contributed by atoms with E-state index in [4.69, 9.17) is 5.84 Å². The Hall–Kier alpha value is -0.930. The average Bonchev–Trinajstić information content (AvgIpc) is 2.94. The lowest BCUT2D eigenvalue weighted by molar-refractivity contribution is 0.288. The van der Waals surface area contributed by atoms with Gasteiger partial charge in [-0.25, -0.2) is 0 Å². The number of fused-ring (bicyclic) bond motifs is 1. The molecule has 2 unspecified atom stereocenters. The number of pyridine rings is 1. The minimum absolute atomic E-state index is 0.418. The topological polar surface area (TPSA) is 50.9 Å². The maximum atomic E-state index is 5.86. The van der Waals surface area contributed by atoms with Gasteiger partial charge in [-0.3, -0.25) is 16.3 Å². The quantitative estimate of drug-likeness (QED) is 0.635. The van der Waals surface area contributed by atoms with Gasteiger partial charge in [-0.1, -0.05) is 18.9 Å². The Balaban J connectivity index is 1.87. The minimum atomic E-state index is 0.418. The number of hydrogen-bond donors (Lipinski definition) is 2. The Kier molecular flexibility index (Phi) is 3.62. The van der Waals surface area contributed by atoms with Gasteiger partial charge in [-0.15, -0.1) is 0 Å². The highest BCUT2D eigenvalue weighted by Gasteiger charge is 2.34. The molecule has 3 rings (SSSR count). The van der Waals surface area contributed by atoms with E-state index in [9.17, 15) is 0 Å². The Morgan fingerprint density at radius 2 is 2.06 bits per heavy atom. The van der Waals surface area contributed by atoms with Crippen LogP contribution in [0.25, 0.3) is 0 Å². The van der Waals surface area contributed by atoms with Gasteiger partial charge < -0.3 is 0 Å². The van der Waals surface area contributed by atoms with E-state index >= 15 is 0 Å². The third kappa shape index (κ3) is 2.17. The van der Waals surface area contributed by atoms with Crippen LogP contribution in [0.3, 0.4) is 0 Å². The number of hydrogen-bond acceptors (Lipinski definition) is 3. The van der Waals surface area contributed by atoms with Crippen LogP contribution in [0.2, 0.25) is 0 Å². The summed E-state index contributed by atoms with van der Waals surface area (Å²) in [6, 6.07) is 4.71. The molecule has 0 aliphatic heterocycles. The van der Waals surface area contributed by atoms with Crippen molar-refractivity contribution in [3.63, 3.8) is 0 Å². The number of hydrazine groups is 1. The van der Waals surface area contributed by atoms with Crippen molar-refractivity contribution < 1.29 is 0 Å². The van der Waals surface area contributed by atoms with E-state index in [2.05, 4.69) is 22.5 Å². The first-order valence-corrected chi connectivity index (χ1v) is 7.30. The summed E-state index contributed by atoms with van der Waals surface area (Å²) in [5, 5.41) is 0. The predicted octanol–water partition coefficient (Wildman–Crippen LogP) is 2.52. The SMILES string of the molecule is NNC(C1CCCC1)C1CCCc2cccnc21. The highest BCUT2D eigenvalue weighted by molar-refractivity contribution is 5.27. The second kappa shape index (κ2) is 5.37. The largest absolute Gasteiger partial charge is 0.271 e. The molecule has 0 saturated heterocycles. The average molecular weight is 245 g/mol. The lowest BCUT2D eigenvalue weighted by Crippen LogP contribution is -2.45. The zero-order chi connectivity index (χ0) is 12.4. The lowest BCUT2D eigenvalue weighted by Gasteiger charge is -2.34. The zero-order valence-electron chi connectivity index (χ0n) is 10.9. The van der Waals surface area contributed by atoms with Crippen molar-refractivity contribution in [3.8, 4) is 0 Å². The first-order chi connectivity index (χ1) is 8.90. The molecule has 1 fully saturated rings. The molecule has 1 heterocycles. The standard InChI is InChI=1S/C15H23N3/c16-18-15(12-5-1-2-6-12)13-9-3-7-11-8-4-10-17-14(11)13/h4,8,10,12-13,15,18H,1-3,5-7,9,16H2. The smallest absolute Gasteiger partial charge is 0.0482 e. The van der Waals surface area contributed by atoms with E-state index in [1.165, 1.54) is 56.2 Å². The van der Waals surface area contributed by atoms with E-state index < -0.39 is 0 Å². The molecule has 0 radical (unpaired) electrons. The van der Waals surface area contributed by atoms with Crippen LogP contribution in [0.15, 0.2) is 18.3 Å². The number of nitrogens with zero attached hydrogens (tertiary/aromatic N) is 1. The van der Waals surface area contributed by atoms with Gasteiger partial charge in [0.25, 0.3) is 0 Å². The lowest BCUT2D eigenvalue weighted by atomic mass is 9.77. The third-order valence-electron chi connectivity index (χ3n) is 4.77. The fourth-order valence-electron chi connectivity index (χ4n) is 3.89. The molecule has 2 aliphatic rings. The van der Waals surface area contributed by atoms with Crippen LogP contribution < -0.4 is 11.3 Å². The van der Waals surface area contributed by atoms with Crippen molar-refractivity contribution in [1.29, 1.82) is 0 Å². The van der Waals surface area contributed by atoms with Crippen LogP contribution in [0, 0.1) is 5.92 Å². The predicted molar refractivity (Wildman–Crippen MR) is 73.0 cm³/mol. The van der Waals surface area contributed by atoms with Crippen molar-refractivity contribution in [2.75, 3.05) is 0 Å². The summed E-state index contributed by atoms with van der Waals surface area (Å²) in [5.41, 5.74) is 5.86. The van der Waals surface area contributed by atoms with Crippen LogP contribution >= 0.6 is 0 Å². The molecule has 18 heavy (non-hydrogen) atoms. The fourth-order valence-corrected chi connectivity index (χ4v) is 3.89. The number of aromatic nitrogens is 1. The maximum Gasteiger partial charge on any atom is 0.0482 e. The molecule has 2 aliphatic carbocycles. The van der Waals surface area contributed by atoms with Crippen LogP contribution in [-0.4, -0.2) is 11.0 Å². The summed E-state index contributed by atoms with van der Waals surface area (Å²) in [4.78, 5) is 4.65. The maximum absolute atomic E-state index is 5.86. The highest BCUT2D eigenvalue weighted by Crippen LogP contribution is 2.39. The van der Waals surface area contributed by atoms with Crippen molar-refractivity contribution in [2.24, 2.45) is 11.8 Å². The molecule has 1 saturated carbocycles. The Bertz CT molecular complexity index is 398. The van der Waals surface area contributed by atoms with E-state index in [1.54, 1.807) is 0 Å². The van der Waals surface area contributed by atoms with Crippen molar-refractivity contribution in [2.45, 2.75) is 56.9 Å². The molecule has 1 aromatic heterocycles. The van der Waals surface area contributed by atoms with Crippen LogP contribution in [0.4, 0.5) is 0 Å². The van der Waals surface area contributed by atoms with Gasteiger partial charge in [0.05, 0.1) is 0 Å². The molecule has 3 heteroatoms. The molecule has 0 bridgehead atoms. The number of aryl methyl sites for hydroxylation is 1. The Morgan fingerprint density at radius 1 is 1.22 bits per heavy atom. The molecule has 0 amide bonds. The van der Waals surface area contributed by atoms with Gasteiger partial charge in [0.2, 0.25) is 0 Å². The van der Waals surface area contributed by atoms with Crippen molar-refractivity contribution in [3.05, 3.63) is 29.6 Å². The molecule has 0 aromatic carbocycles. The first-order valence-electron chi connectivity index (χ1n) is 7.30. The van der Waals surface area contributed by atoms with Gasteiger partial charge in [-0.05, 0) is 49.7 Å². The monoisotopic (exact) mass is 245 g/mol. The van der Waals surface area contributed by atoms with Gasteiger partial charge in [0.15, 0.2) is 0 Å². The molecule has 0 spiro atoms. The molecule has 2 atom stereocenters. The minimum Gasteiger partial charge on any atom is -0.271 e. The van der Waals surface area contributed by atoms with Crippen molar-refractivity contribution >= 4 is 0 Å². The second-order valence-electron chi connectivity index (χ2n) is 5.78. The van der Waals surface area contributed by atoms with E-state index in [-0.39, 0.29) is 0 Å². The van der Waals surface area contributed by atoms with Gasteiger partial charge >= 0.3 is 0 Å². The molecule has 98 valence electrons. The molecule has 3 nitrogen and oxygen atoms in total. The van der Waals surface area contributed by atoms with Gasteiger partial charge in [-0.2, -0.15) is 0 Å². The van der Waals surface area contributed by atoms with Crippen LogP contribution in [0.1, 0.15) is 55.7 Å². The zero-order valence-corrected chi connectivity index (χ0v) is 10.9. The van der Waals surface area contributed by atoms with Crippen LogP contribution in [-0.2, 0) is 6.42 Å². The highest BCUT2D eigenvalue weighted by atomic mass is 15.2.